The number of nitrogens with one attached hydrogen (secondary N) is 1. The molecule has 2 amide bonds. The number of rotatable bonds is 6. The van der Waals surface area contributed by atoms with E-state index in [1.165, 1.54) is 16.7 Å². The van der Waals surface area contributed by atoms with Crippen LogP contribution in [0.15, 0.2) is 23.1 Å². The maximum Gasteiger partial charge on any atom is 0.321 e. The predicted octanol–water partition coefficient (Wildman–Crippen LogP) is 2.60. The van der Waals surface area contributed by atoms with Gasteiger partial charge in [-0.05, 0) is 24.5 Å². The number of carbonyl (C=O) groups is 2. The van der Waals surface area contributed by atoms with E-state index in [1.54, 1.807) is 33.2 Å². The highest BCUT2D eigenvalue weighted by Gasteiger charge is 2.17. The van der Waals surface area contributed by atoms with Crippen LogP contribution in [-0.4, -0.2) is 49.0 Å². The number of anilines is 1. The molecule has 0 radical (unpaired) electrons. The first-order valence-corrected chi connectivity index (χ1v) is 7.58. The molecule has 0 spiro atoms. The fourth-order valence-electron chi connectivity index (χ4n) is 1.70. The lowest BCUT2D eigenvalue weighted by atomic mass is 10.2. The van der Waals surface area contributed by atoms with Crippen molar-refractivity contribution < 1.29 is 19.4 Å². The van der Waals surface area contributed by atoms with Gasteiger partial charge in [0.05, 0.1) is 17.9 Å². The Bertz CT molecular complexity index is 522. The van der Waals surface area contributed by atoms with Gasteiger partial charge >= 0.3 is 12.0 Å². The van der Waals surface area contributed by atoms with Gasteiger partial charge in [-0.2, -0.15) is 0 Å². The van der Waals surface area contributed by atoms with Gasteiger partial charge in [-0.25, -0.2) is 4.79 Å². The molecule has 21 heavy (non-hydrogen) atoms. The quantitative estimate of drug-likeness (QED) is 0.789. The topological polar surface area (TPSA) is 78.9 Å². The molecule has 7 heteroatoms. The predicted molar refractivity (Wildman–Crippen MR) is 83.2 cm³/mol. The molecule has 1 unspecified atom stereocenters. The summed E-state index contributed by atoms with van der Waals surface area (Å²) in [7, 11) is 3.15. The van der Waals surface area contributed by atoms with Crippen LogP contribution in [-0.2, 0) is 4.79 Å². The minimum absolute atomic E-state index is 0.146. The molecule has 1 rings (SSSR count). The van der Waals surface area contributed by atoms with Gasteiger partial charge in [0.25, 0.3) is 0 Å². The Morgan fingerprint density at radius 3 is 2.67 bits per heavy atom. The van der Waals surface area contributed by atoms with Gasteiger partial charge in [0, 0.05) is 19.3 Å². The van der Waals surface area contributed by atoms with Crippen molar-refractivity contribution in [1.29, 1.82) is 0 Å². The number of aliphatic carboxylic acids is 1. The number of carboxylic acid groups (broad SMARTS) is 1. The Hall–Kier alpha value is -1.89. The molecule has 1 aromatic carbocycles. The third-order valence-electron chi connectivity index (χ3n) is 2.95. The Balaban J connectivity index is 2.72. The van der Waals surface area contributed by atoms with Crippen LogP contribution in [0.2, 0.25) is 0 Å². The standard InChI is InChI=1S/C14H20N2O4S/c1-9(13(17)18)8-16(2)14(19)15-10-5-6-11(20-3)12(7-10)21-4/h5-7,9H,8H2,1-4H3,(H,15,19)(H,17,18). The molecule has 0 saturated heterocycles. The monoisotopic (exact) mass is 312 g/mol. The summed E-state index contributed by atoms with van der Waals surface area (Å²) in [5.41, 5.74) is 0.639. The van der Waals surface area contributed by atoms with Crippen LogP contribution in [0.5, 0.6) is 5.75 Å². The van der Waals surface area contributed by atoms with E-state index in [9.17, 15) is 9.59 Å². The van der Waals surface area contributed by atoms with Crippen LogP contribution in [0.3, 0.4) is 0 Å². The van der Waals surface area contributed by atoms with E-state index in [0.29, 0.717) is 5.69 Å². The summed E-state index contributed by atoms with van der Waals surface area (Å²) in [5, 5.41) is 11.6. The maximum atomic E-state index is 12.0. The molecule has 2 N–H and O–H groups in total. The molecule has 116 valence electrons. The van der Waals surface area contributed by atoms with Crippen LogP contribution >= 0.6 is 11.8 Å². The third kappa shape index (κ3) is 4.86. The molecule has 1 atom stereocenters. The highest BCUT2D eigenvalue weighted by Crippen LogP contribution is 2.30. The summed E-state index contributed by atoms with van der Waals surface area (Å²) in [4.78, 5) is 25.1. The second-order valence-electron chi connectivity index (χ2n) is 4.62. The van der Waals surface area contributed by atoms with E-state index >= 15 is 0 Å². The lowest BCUT2D eigenvalue weighted by Gasteiger charge is -2.20. The van der Waals surface area contributed by atoms with E-state index in [0.717, 1.165) is 10.6 Å². The molecule has 0 bridgehead atoms. The fraction of sp³-hybridized carbons (Fsp3) is 0.429. The number of ether oxygens (including phenoxy) is 1. The molecule has 0 saturated carbocycles. The third-order valence-corrected chi connectivity index (χ3v) is 3.71. The lowest BCUT2D eigenvalue weighted by molar-refractivity contribution is -0.141. The number of methoxy groups -OCH3 is 1. The molecule has 0 aliphatic rings. The number of urea groups is 1. The molecule has 1 aromatic rings. The largest absolute Gasteiger partial charge is 0.496 e. The van der Waals surface area contributed by atoms with E-state index in [4.69, 9.17) is 9.84 Å². The summed E-state index contributed by atoms with van der Waals surface area (Å²) in [6.07, 6.45) is 1.92. The van der Waals surface area contributed by atoms with E-state index < -0.39 is 11.9 Å². The molecule has 0 aliphatic carbocycles. The van der Waals surface area contributed by atoms with Crippen LogP contribution in [0.1, 0.15) is 6.92 Å². The number of carboxylic acids is 1. The molecule has 0 aliphatic heterocycles. The van der Waals surface area contributed by atoms with E-state index in [1.807, 2.05) is 12.3 Å². The lowest BCUT2D eigenvalue weighted by Crippen LogP contribution is -2.36. The summed E-state index contributed by atoms with van der Waals surface area (Å²) in [6.45, 7) is 1.71. The first-order chi connectivity index (χ1) is 9.88. The zero-order valence-corrected chi connectivity index (χ0v) is 13.4. The Morgan fingerprint density at radius 2 is 2.14 bits per heavy atom. The second kappa shape index (κ2) is 7.78. The van der Waals surface area contributed by atoms with Gasteiger partial charge in [0.15, 0.2) is 0 Å². The Labute approximate surface area is 128 Å². The molecular weight excluding hydrogens is 292 g/mol. The van der Waals surface area contributed by atoms with Crippen LogP contribution in [0.25, 0.3) is 0 Å². The highest BCUT2D eigenvalue weighted by atomic mass is 32.2. The zero-order valence-electron chi connectivity index (χ0n) is 12.5. The average molecular weight is 312 g/mol. The first-order valence-electron chi connectivity index (χ1n) is 6.36. The normalized spacial score (nSPS) is 11.6. The number of amides is 2. The maximum absolute atomic E-state index is 12.0. The minimum atomic E-state index is -0.927. The van der Waals surface area contributed by atoms with Crippen molar-refractivity contribution in [2.75, 3.05) is 32.3 Å². The minimum Gasteiger partial charge on any atom is -0.496 e. The smallest absolute Gasteiger partial charge is 0.321 e. The van der Waals surface area contributed by atoms with Gasteiger partial charge in [0.2, 0.25) is 0 Å². The Morgan fingerprint density at radius 1 is 1.48 bits per heavy atom. The van der Waals surface area contributed by atoms with Crippen molar-refractivity contribution in [1.82, 2.24) is 4.90 Å². The highest BCUT2D eigenvalue weighted by molar-refractivity contribution is 7.98. The van der Waals surface area contributed by atoms with Gasteiger partial charge < -0.3 is 20.1 Å². The van der Waals surface area contributed by atoms with E-state index in [-0.39, 0.29) is 12.6 Å². The summed E-state index contributed by atoms with van der Waals surface area (Å²) in [5.74, 6) is -0.796. The zero-order chi connectivity index (χ0) is 16.0. The van der Waals surface area contributed by atoms with Gasteiger partial charge in [0.1, 0.15) is 5.75 Å². The van der Waals surface area contributed by atoms with Crippen molar-refractivity contribution in [2.45, 2.75) is 11.8 Å². The number of thioether (sulfide) groups is 1. The number of nitrogens with zero attached hydrogens (tertiary/aromatic N) is 1. The number of hydrogen-bond acceptors (Lipinski definition) is 4. The molecule has 0 aromatic heterocycles. The van der Waals surface area contributed by atoms with Crippen LogP contribution < -0.4 is 10.1 Å². The van der Waals surface area contributed by atoms with Crippen molar-refractivity contribution >= 4 is 29.4 Å². The second-order valence-corrected chi connectivity index (χ2v) is 5.47. The first kappa shape index (κ1) is 17.2. The SMILES string of the molecule is COc1ccc(NC(=O)N(C)CC(C)C(=O)O)cc1SC. The summed E-state index contributed by atoms with van der Waals surface area (Å²) < 4.78 is 5.21. The van der Waals surface area contributed by atoms with Crippen molar-refractivity contribution in [3.8, 4) is 5.75 Å². The van der Waals surface area contributed by atoms with Gasteiger partial charge in [-0.1, -0.05) is 6.92 Å². The van der Waals surface area contributed by atoms with Crippen molar-refractivity contribution in [3.63, 3.8) is 0 Å². The van der Waals surface area contributed by atoms with Crippen molar-refractivity contribution in [3.05, 3.63) is 18.2 Å². The van der Waals surface area contributed by atoms with Crippen LogP contribution in [0.4, 0.5) is 10.5 Å². The molecule has 0 heterocycles. The fourth-order valence-corrected chi connectivity index (χ4v) is 2.30. The number of carbonyl (C=O) groups excluding carboxylic acids is 1. The number of hydrogen-bond donors (Lipinski definition) is 2. The Kier molecular flexibility index (Phi) is 6.36. The molecule has 6 nitrogen and oxygen atoms in total. The average Bonchev–Trinajstić information content (AvgIpc) is 2.46. The van der Waals surface area contributed by atoms with Gasteiger partial charge in [-0.15, -0.1) is 11.8 Å². The summed E-state index contributed by atoms with van der Waals surface area (Å²) in [6, 6.07) is 4.99. The number of benzene rings is 1. The van der Waals surface area contributed by atoms with Crippen LogP contribution in [0, 0.1) is 5.92 Å². The van der Waals surface area contributed by atoms with Gasteiger partial charge in [-0.3, -0.25) is 4.79 Å². The van der Waals surface area contributed by atoms with E-state index in [2.05, 4.69) is 5.32 Å². The summed E-state index contributed by atoms with van der Waals surface area (Å²) >= 11 is 1.52. The van der Waals surface area contributed by atoms with Crippen molar-refractivity contribution in [2.24, 2.45) is 5.92 Å². The molecular formula is C14H20N2O4S. The molecule has 0 fully saturated rings.